The number of fused-ring (bicyclic) bond motifs is 1. The highest BCUT2D eigenvalue weighted by molar-refractivity contribution is 9.10. The lowest BCUT2D eigenvalue weighted by atomic mass is 9.95. The Morgan fingerprint density at radius 3 is 2.57 bits per heavy atom. The van der Waals surface area contributed by atoms with Crippen LogP contribution in [0, 0.1) is 5.82 Å². The Bertz CT molecular complexity index is 760. The molecule has 0 radical (unpaired) electrons. The van der Waals surface area contributed by atoms with E-state index >= 15 is 0 Å². The maximum atomic E-state index is 13.5. The average molecular weight is 344 g/mol. The second-order valence-corrected chi connectivity index (χ2v) is 6.07. The van der Waals surface area contributed by atoms with Crippen LogP contribution < -0.4 is 5.73 Å². The van der Waals surface area contributed by atoms with Gasteiger partial charge in [0.1, 0.15) is 5.82 Å². The molecule has 3 rings (SSSR count). The predicted octanol–water partition coefficient (Wildman–Crippen LogP) is 4.98. The van der Waals surface area contributed by atoms with E-state index in [4.69, 9.17) is 5.73 Å². The first kappa shape index (κ1) is 14.2. The van der Waals surface area contributed by atoms with Crippen LogP contribution in [0.5, 0.6) is 0 Å². The molecule has 1 nitrogen and oxygen atoms in total. The van der Waals surface area contributed by atoms with Crippen LogP contribution in [-0.2, 0) is 6.42 Å². The molecule has 0 aliphatic carbocycles. The maximum Gasteiger partial charge on any atom is 0.124 e. The maximum absolute atomic E-state index is 13.5. The van der Waals surface area contributed by atoms with Gasteiger partial charge < -0.3 is 5.73 Å². The van der Waals surface area contributed by atoms with E-state index in [1.165, 1.54) is 28.5 Å². The van der Waals surface area contributed by atoms with Crippen molar-refractivity contribution in [1.82, 2.24) is 0 Å². The van der Waals surface area contributed by atoms with Crippen molar-refractivity contribution in [3.63, 3.8) is 0 Å². The smallest absolute Gasteiger partial charge is 0.124 e. The summed E-state index contributed by atoms with van der Waals surface area (Å²) in [6.45, 7) is 0. The van der Waals surface area contributed by atoms with Crippen LogP contribution in [0.15, 0.2) is 65.1 Å². The number of nitrogens with two attached hydrogens (primary N) is 1. The van der Waals surface area contributed by atoms with Gasteiger partial charge in [-0.25, -0.2) is 4.39 Å². The van der Waals surface area contributed by atoms with Gasteiger partial charge >= 0.3 is 0 Å². The van der Waals surface area contributed by atoms with E-state index in [1.54, 1.807) is 0 Å². The largest absolute Gasteiger partial charge is 0.324 e. The normalized spacial score (nSPS) is 12.5. The summed E-state index contributed by atoms with van der Waals surface area (Å²) in [5.41, 5.74) is 8.25. The molecule has 0 heterocycles. The summed E-state index contributed by atoms with van der Waals surface area (Å²) in [5.74, 6) is -0.271. The highest BCUT2D eigenvalue weighted by Gasteiger charge is 2.11. The number of hydrogen-bond donors (Lipinski definition) is 1. The topological polar surface area (TPSA) is 26.0 Å². The molecule has 3 aromatic rings. The van der Waals surface area contributed by atoms with Gasteiger partial charge in [-0.05, 0) is 46.5 Å². The molecule has 1 atom stereocenters. The molecule has 0 saturated heterocycles. The van der Waals surface area contributed by atoms with Gasteiger partial charge in [0.15, 0.2) is 0 Å². The molecular formula is C18H15BrFN. The van der Waals surface area contributed by atoms with Gasteiger partial charge in [0.2, 0.25) is 0 Å². The predicted molar refractivity (Wildman–Crippen MR) is 88.7 cm³/mol. The molecule has 21 heavy (non-hydrogen) atoms. The summed E-state index contributed by atoms with van der Waals surface area (Å²) in [7, 11) is 0. The molecule has 0 amide bonds. The zero-order valence-corrected chi connectivity index (χ0v) is 13.0. The summed E-state index contributed by atoms with van der Waals surface area (Å²) in [6, 6.07) is 19.0. The van der Waals surface area contributed by atoms with E-state index in [0.29, 0.717) is 10.9 Å². The minimum atomic E-state index is -0.271. The Hall–Kier alpha value is -1.71. The van der Waals surface area contributed by atoms with Crippen LogP contribution >= 0.6 is 15.9 Å². The molecule has 106 valence electrons. The highest BCUT2D eigenvalue weighted by atomic mass is 79.9. The van der Waals surface area contributed by atoms with Crippen molar-refractivity contribution < 1.29 is 4.39 Å². The highest BCUT2D eigenvalue weighted by Crippen LogP contribution is 2.25. The van der Waals surface area contributed by atoms with E-state index in [0.717, 1.165) is 5.56 Å². The molecular weight excluding hydrogens is 329 g/mol. The third-order valence-corrected chi connectivity index (χ3v) is 4.09. The van der Waals surface area contributed by atoms with Crippen LogP contribution in [0.1, 0.15) is 17.2 Å². The average Bonchev–Trinajstić information content (AvgIpc) is 2.46. The van der Waals surface area contributed by atoms with Crippen molar-refractivity contribution in [2.75, 3.05) is 0 Å². The first-order chi connectivity index (χ1) is 10.1. The minimum Gasteiger partial charge on any atom is -0.324 e. The van der Waals surface area contributed by atoms with Gasteiger partial charge in [-0.1, -0.05) is 58.4 Å². The molecule has 1 unspecified atom stereocenters. The second kappa shape index (κ2) is 5.96. The Labute approximate surface area is 131 Å². The summed E-state index contributed by atoms with van der Waals surface area (Å²) < 4.78 is 14.2. The van der Waals surface area contributed by atoms with E-state index in [9.17, 15) is 4.39 Å². The third kappa shape index (κ3) is 3.14. The number of rotatable bonds is 3. The lowest BCUT2D eigenvalue weighted by molar-refractivity contribution is 0.617. The number of hydrogen-bond acceptors (Lipinski definition) is 1. The van der Waals surface area contributed by atoms with E-state index in [1.807, 2.05) is 24.3 Å². The molecule has 0 saturated carbocycles. The van der Waals surface area contributed by atoms with Gasteiger partial charge in [0.05, 0.1) is 0 Å². The monoisotopic (exact) mass is 343 g/mol. The lowest BCUT2D eigenvalue weighted by Gasteiger charge is -2.14. The summed E-state index contributed by atoms with van der Waals surface area (Å²) >= 11 is 3.31. The fourth-order valence-electron chi connectivity index (χ4n) is 2.61. The van der Waals surface area contributed by atoms with Crippen molar-refractivity contribution >= 4 is 26.7 Å². The molecule has 2 N–H and O–H groups in total. The Morgan fingerprint density at radius 1 is 1.00 bits per heavy atom. The zero-order valence-electron chi connectivity index (χ0n) is 11.4. The SMILES string of the molecule is NC(Cc1cccc2ccccc12)c1cc(F)cc(Br)c1. The molecule has 0 aromatic heterocycles. The van der Waals surface area contributed by atoms with Crippen molar-refractivity contribution in [1.29, 1.82) is 0 Å². The lowest BCUT2D eigenvalue weighted by Crippen LogP contribution is -2.13. The van der Waals surface area contributed by atoms with Gasteiger partial charge in [-0.2, -0.15) is 0 Å². The van der Waals surface area contributed by atoms with Crippen molar-refractivity contribution in [2.24, 2.45) is 5.73 Å². The number of benzene rings is 3. The van der Waals surface area contributed by atoms with Crippen molar-refractivity contribution in [3.8, 4) is 0 Å². The Balaban J connectivity index is 1.94. The van der Waals surface area contributed by atoms with Gasteiger partial charge in [0, 0.05) is 10.5 Å². The summed E-state index contributed by atoms with van der Waals surface area (Å²) in [6.07, 6.45) is 0.678. The standard InChI is InChI=1S/C18H15BrFN/c19-15-8-14(9-16(20)11-15)18(21)10-13-6-3-5-12-4-1-2-7-17(12)13/h1-9,11,18H,10,21H2. The third-order valence-electron chi connectivity index (χ3n) is 3.63. The Morgan fingerprint density at radius 2 is 1.76 bits per heavy atom. The Kier molecular flexibility index (Phi) is 4.04. The quantitative estimate of drug-likeness (QED) is 0.712. The molecule has 0 fully saturated rings. The number of halogens is 2. The first-order valence-electron chi connectivity index (χ1n) is 6.82. The van der Waals surface area contributed by atoms with E-state index in [-0.39, 0.29) is 11.9 Å². The van der Waals surface area contributed by atoms with E-state index < -0.39 is 0 Å². The first-order valence-corrected chi connectivity index (χ1v) is 7.61. The fraction of sp³-hybridized carbons (Fsp3) is 0.111. The molecule has 0 aliphatic rings. The van der Waals surface area contributed by atoms with Crippen LogP contribution in [0.4, 0.5) is 4.39 Å². The summed E-state index contributed by atoms with van der Waals surface area (Å²) in [5, 5.41) is 2.40. The fourth-order valence-corrected chi connectivity index (χ4v) is 3.10. The van der Waals surface area contributed by atoms with Crippen LogP contribution in [0.2, 0.25) is 0 Å². The van der Waals surface area contributed by atoms with Crippen LogP contribution in [0.3, 0.4) is 0 Å². The van der Waals surface area contributed by atoms with Crippen LogP contribution in [0.25, 0.3) is 10.8 Å². The molecule has 0 aliphatic heterocycles. The zero-order chi connectivity index (χ0) is 14.8. The van der Waals surface area contributed by atoms with E-state index in [2.05, 4.69) is 40.2 Å². The second-order valence-electron chi connectivity index (χ2n) is 5.15. The van der Waals surface area contributed by atoms with Gasteiger partial charge in [-0.3, -0.25) is 0 Å². The molecule has 3 aromatic carbocycles. The van der Waals surface area contributed by atoms with Crippen LogP contribution in [-0.4, -0.2) is 0 Å². The molecule has 0 spiro atoms. The van der Waals surface area contributed by atoms with Gasteiger partial charge in [-0.15, -0.1) is 0 Å². The molecule has 3 heteroatoms. The van der Waals surface area contributed by atoms with Crippen molar-refractivity contribution in [2.45, 2.75) is 12.5 Å². The van der Waals surface area contributed by atoms with Gasteiger partial charge in [0.25, 0.3) is 0 Å². The van der Waals surface area contributed by atoms with Crippen molar-refractivity contribution in [3.05, 3.63) is 82.1 Å². The minimum absolute atomic E-state index is 0.234. The molecule has 0 bridgehead atoms. The summed E-state index contributed by atoms with van der Waals surface area (Å²) in [4.78, 5) is 0.